The van der Waals surface area contributed by atoms with Crippen molar-refractivity contribution in [3.05, 3.63) is 12.0 Å². The normalized spacial score (nSPS) is 30.4. The predicted molar refractivity (Wildman–Crippen MR) is 92.6 cm³/mol. The summed E-state index contributed by atoms with van der Waals surface area (Å²) in [5.74, 6) is -9.80. The minimum atomic E-state index is -5.31. The second kappa shape index (κ2) is 6.58. The first kappa shape index (κ1) is 23.3. The molecule has 0 aliphatic carbocycles. The molecule has 1 saturated heterocycles. The summed E-state index contributed by atoms with van der Waals surface area (Å²) in [7, 11) is -10.5. The van der Waals surface area contributed by atoms with Gasteiger partial charge in [-0.25, -0.2) is 10.1 Å². The summed E-state index contributed by atoms with van der Waals surface area (Å²) in [5.41, 5.74) is 2.96. The lowest BCUT2D eigenvalue weighted by Crippen LogP contribution is -2.78. The van der Waals surface area contributed by atoms with Gasteiger partial charge in [0.25, 0.3) is 5.79 Å². The molecule has 0 aromatic carbocycles. The van der Waals surface area contributed by atoms with Crippen molar-refractivity contribution in [1.29, 1.82) is 5.41 Å². The fraction of sp³-hybridized carbons (Fsp3) is 0.600. The number of rotatable bonds is 6. The van der Waals surface area contributed by atoms with Crippen LogP contribution in [-0.4, -0.2) is 103 Å². The molecule has 0 bridgehead atoms. The Morgan fingerprint density at radius 1 is 1.32 bits per heavy atom. The number of nitrogens with two attached hydrogens (primary N) is 1. The molecular formula is C10H17N7O12S2. The van der Waals surface area contributed by atoms with E-state index in [-0.39, 0.29) is 5.06 Å². The Balaban J connectivity index is 2.09. The molecule has 1 fully saturated rings. The molecule has 0 radical (unpaired) electrons. The number of guanidine groups is 2. The van der Waals surface area contributed by atoms with Crippen molar-refractivity contribution in [2.45, 2.75) is 35.9 Å². The topological polar surface area (TPSA) is 312 Å². The molecule has 19 nitrogen and oxygen atoms in total. The third-order valence-electron chi connectivity index (χ3n) is 4.62. The molecule has 3 rings (SSSR count). The first-order chi connectivity index (χ1) is 13.8. The fourth-order valence-corrected chi connectivity index (χ4v) is 4.51. The van der Waals surface area contributed by atoms with Gasteiger partial charge in [0.15, 0.2) is 5.96 Å². The predicted octanol–water partition coefficient (Wildman–Crippen LogP) is -5.94. The van der Waals surface area contributed by atoms with E-state index in [1.807, 2.05) is 0 Å². The highest BCUT2D eigenvalue weighted by molar-refractivity contribution is 7.83. The van der Waals surface area contributed by atoms with E-state index in [4.69, 9.17) is 20.2 Å². The summed E-state index contributed by atoms with van der Waals surface area (Å²) in [6.45, 7) is 0. The monoisotopic (exact) mass is 491 g/mol. The van der Waals surface area contributed by atoms with Gasteiger partial charge in [-0.05, 0) is 0 Å². The highest BCUT2D eigenvalue weighted by Crippen LogP contribution is 2.50. The Morgan fingerprint density at radius 2 is 1.90 bits per heavy atom. The zero-order chi connectivity index (χ0) is 23.8. The molecular weight excluding hydrogens is 474 g/mol. The van der Waals surface area contributed by atoms with Gasteiger partial charge in [-0.3, -0.25) is 24.6 Å². The Hall–Kier alpha value is -2.34. The Labute approximate surface area is 172 Å². The second-order valence-electron chi connectivity index (χ2n) is 6.73. The average Bonchev–Trinajstić information content (AvgIpc) is 2.98. The SMILES string of the molecule is N=C1N(O)[C@H](CC(O)(O)NS(=O)(=O)O)[C@@H]2NC(N)=NC23N1C=C(OS(=O)(=O)O)C3(O)O. The van der Waals surface area contributed by atoms with Gasteiger partial charge < -0.3 is 35.7 Å². The van der Waals surface area contributed by atoms with Gasteiger partial charge in [-0.1, -0.05) is 0 Å². The third kappa shape index (κ3) is 3.75. The Kier molecular flexibility index (Phi) is 4.95. The summed E-state index contributed by atoms with van der Waals surface area (Å²) < 4.78 is 66.8. The van der Waals surface area contributed by atoms with Crippen molar-refractivity contribution in [1.82, 2.24) is 20.0 Å². The molecule has 1 spiro atoms. The van der Waals surface area contributed by atoms with Crippen LogP contribution < -0.4 is 15.8 Å². The summed E-state index contributed by atoms with van der Waals surface area (Å²) in [6.07, 6.45) is -0.750. The van der Waals surface area contributed by atoms with Crippen LogP contribution in [0.4, 0.5) is 0 Å². The van der Waals surface area contributed by atoms with Gasteiger partial charge in [-0.15, -0.1) is 4.72 Å². The van der Waals surface area contributed by atoms with E-state index in [2.05, 4.69) is 14.5 Å². The quantitative estimate of drug-likeness (QED) is 0.122. The van der Waals surface area contributed by atoms with Crippen molar-refractivity contribution < 1.29 is 55.8 Å². The van der Waals surface area contributed by atoms with E-state index in [1.54, 1.807) is 0 Å². The van der Waals surface area contributed by atoms with Crippen LogP contribution in [0.5, 0.6) is 0 Å². The number of aliphatic imine (C=N–C) groups is 1. The highest BCUT2D eigenvalue weighted by Gasteiger charge is 2.74. The second-order valence-corrected chi connectivity index (χ2v) is 8.90. The van der Waals surface area contributed by atoms with Gasteiger partial charge in [0.1, 0.15) is 6.04 Å². The molecule has 21 heteroatoms. The maximum atomic E-state index is 11.1. The van der Waals surface area contributed by atoms with E-state index in [9.17, 15) is 42.5 Å². The molecule has 3 aliphatic rings. The largest absolute Gasteiger partial charge is 0.446 e. The van der Waals surface area contributed by atoms with Crippen LogP contribution in [-0.2, 0) is 24.9 Å². The summed E-state index contributed by atoms with van der Waals surface area (Å²) in [4.78, 5) is 4.24. The van der Waals surface area contributed by atoms with Crippen LogP contribution in [0, 0.1) is 5.41 Å². The van der Waals surface area contributed by atoms with Crippen LogP contribution in [0.15, 0.2) is 17.0 Å². The van der Waals surface area contributed by atoms with Crippen molar-refractivity contribution in [3.63, 3.8) is 0 Å². The molecule has 0 aromatic rings. The van der Waals surface area contributed by atoms with Gasteiger partial charge in [0.2, 0.25) is 23.3 Å². The smallest absolute Gasteiger partial charge is 0.370 e. The van der Waals surface area contributed by atoms with E-state index < -0.39 is 74.2 Å². The lowest BCUT2D eigenvalue weighted by atomic mass is 9.83. The maximum absolute atomic E-state index is 11.1. The molecule has 1 unspecified atom stereocenters. The fourth-order valence-electron chi connectivity index (χ4n) is 3.63. The van der Waals surface area contributed by atoms with Gasteiger partial charge >= 0.3 is 20.7 Å². The molecule has 0 aromatic heterocycles. The number of hydroxylamine groups is 2. The molecule has 3 aliphatic heterocycles. The lowest BCUT2D eigenvalue weighted by Gasteiger charge is -2.52. The van der Waals surface area contributed by atoms with Crippen LogP contribution in [0.2, 0.25) is 0 Å². The number of nitrogens with zero attached hydrogens (tertiary/aromatic N) is 3. The molecule has 12 N–H and O–H groups in total. The first-order valence-electron chi connectivity index (χ1n) is 7.84. The number of aliphatic hydroxyl groups is 4. The Bertz CT molecular complexity index is 1090. The van der Waals surface area contributed by atoms with Crippen molar-refractivity contribution in [2.75, 3.05) is 0 Å². The molecule has 3 atom stereocenters. The Morgan fingerprint density at radius 3 is 2.42 bits per heavy atom. The number of hydrogen-bond acceptors (Lipinski definition) is 14. The summed E-state index contributed by atoms with van der Waals surface area (Å²) in [6, 6.07) is -3.56. The van der Waals surface area contributed by atoms with Crippen molar-refractivity contribution in [3.8, 4) is 0 Å². The van der Waals surface area contributed by atoms with Crippen molar-refractivity contribution in [2.24, 2.45) is 10.7 Å². The number of hydrogen-bond donors (Lipinski definition) is 11. The van der Waals surface area contributed by atoms with Gasteiger partial charge in [-0.2, -0.15) is 16.8 Å². The molecule has 3 heterocycles. The van der Waals surface area contributed by atoms with Gasteiger partial charge in [0.05, 0.1) is 12.2 Å². The molecule has 0 amide bonds. The van der Waals surface area contributed by atoms with Crippen LogP contribution in [0.25, 0.3) is 0 Å². The summed E-state index contributed by atoms with van der Waals surface area (Å²) in [5, 5.41) is 61.8. The lowest BCUT2D eigenvalue weighted by molar-refractivity contribution is -0.248. The van der Waals surface area contributed by atoms with Crippen LogP contribution in [0.1, 0.15) is 6.42 Å². The zero-order valence-corrected chi connectivity index (χ0v) is 16.5. The van der Waals surface area contributed by atoms with Crippen LogP contribution >= 0.6 is 0 Å². The first-order valence-corrected chi connectivity index (χ1v) is 10.6. The molecule has 0 saturated carbocycles. The maximum Gasteiger partial charge on any atom is 0.446 e. The summed E-state index contributed by atoms with van der Waals surface area (Å²) >= 11 is 0. The minimum Gasteiger partial charge on any atom is -0.370 e. The average molecular weight is 491 g/mol. The zero-order valence-electron chi connectivity index (χ0n) is 14.8. The van der Waals surface area contributed by atoms with E-state index in [1.165, 1.54) is 0 Å². The van der Waals surface area contributed by atoms with Crippen LogP contribution in [0.3, 0.4) is 0 Å². The van der Waals surface area contributed by atoms with E-state index >= 15 is 0 Å². The van der Waals surface area contributed by atoms with Crippen molar-refractivity contribution >= 4 is 32.6 Å². The molecule has 176 valence electrons. The van der Waals surface area contributed by atoms with E-state index in [0.29, 0.717) is 11.1 Å². The van der Waals surface area contributed by atoms with E-state index in [0.717, 1.165) is 4.72 Å². The standard InChI is InChI=1S/C10H17N7O12S2/c11-6-13-5-3(1-8(18,19)15-30(23,24)25)17(22)7(12)16-2-4(29-31(26,27)28)10(20,21)9(5,16)14-6/h2-3,5,12,15,18-22H,1H2,(H3,11,13,14)(H,23,24,25)(H,26,27,28)/t3-,5+,9?/m1/s1. The van der Waals surface area contributed by atoms with Gasteiger partial charge in [0, 0.05) is 6.42 Å². The minimum absolute atomic E-state index is 0.0138. The number of nitrogens with one attached hydrogen (secondary N) is 3. The third-order valence-corrected chi connectivity index (χ3v) is 5.60. The highest BCUT2D eigenvalue weighted by atomic mass is 32.3. The molecule has 31 heavy (non-hydrogen) atoms.